The zero-order valence-electron chi connectivity index (χ0n) is 29.5. The van der Waals surface area contributed by atoms with Crippen molar-refractivity contribution in [3.63, 3.8) is 0 Å². The summed E-state index contributed by atoms with van der Waals surface area (Å²) in [4.78, 5) is 4.69. The molecule has 0 bridgehead atoms. The van der Waals surface area contributed by atoms with Crippen molar-refractivity contribution in [2.75, 3.05) is 6.61 Å². The van der Waals surface area contributed by atoms with Gasteiger partial charge < -0.3 is 29.3 Å². The lowest BCUT2D eigenvalue weighted by molar-refractivity contribution is -0.234. The van der Waals surface area contributed by atoms with E-state index in [2.05, 4.69) is 0 Å². The summed E-state index contributed by atoms with van der Waals surface area (Å²) in [5, 5.41) is 27.9. The summed E-state index contributed by atoms with van der Waals surface area (Å²) >= 11 is 1.42. The fourth-order valence-corrected chi connectivity index (χ4v) is 6.90. The number of aliphatic hydroxyl groups excluding tert-OH is 1. The van der Waals surface area contributed by atoms with E-state index in [4.69, 9.17) is 23.9 Å². The summed E-state index contributed by atoms with van der Waals surface area (Å²) in [7, 11) is 0. The number of aliphatic hydroxyl groups is 1. The van der Waals surface area contributed by atoms with Crippen LogP contribution in [0.4, 0.5) is 0 Å². The van der Waals surface area contributed by atoms with Gasteiger partial charge in [-0.3, -0.25) is 0 Å². The first-order valence-corrected chi connectivity index (χ1v) is 18.7. The van der Waals surface area contributed by atoms with Crippen LogP contribution in [0.25, 0.3) is 0 Å². The van der Waals surface area contributed by atoms with Crippen molar-refractivity contribution in [2.45, 2.75) is 63.4 Å². The number of benzene rings is 5. The smallest absolute Gasteiger partial charge is 0.116 e. The fourth-order valence-electron chi connectivity index (χ4n) is 6.12. The number of hydrogen-bond donors (Lipinski definition) is 2. The molecule has 0 fully saturated rings. The summed E-state index contributed by atoms with van der Waals surface area (Å²) in [6.07, 6.45) is -2.18. The van der Waals surface area contributed by atoms with Gasteiger partial charge in [0.1, 0.15) is 35.5 Å². The fraction of sp³-hybridized carbons (Fsp3) is 0.250. The third kappa shape index (κ3) is 11.7. The van der Waals surface area contributed by atoms with Gasteiger partial charge in [0.2, 0.25) is 0 Å². The van der Waals surface area contributed by atoms with Gasteiger partial charge in [-0.05, 0) is 27.8 Å². The molecule has 8 nitrogen and oxygen atoms in total. The molecule has 0 aliphatic heterocycles. The van der Waals surface area contributed by atoms with E-state index in [1.54, 1.807) is 6.20 Å². The Morgan fingerprint density at radius 1 is 0.528 bits per heavy atom. The minimum Gasteiger partial charge on any atom is -0.388 e. The van der Waals surface area contributed by atoms with Crippen molar-refractivity contribution in [2.24, 2.45) is 0 Å². The van der Waals surface area contributed by atoms with Crippen molar-refractivity contribution < 1.29 is 29.3 Å². The van der Waals surface area contributed by atoms with Gasteiger partial charge in [0.15, 0.2) is 0 Å². The summed E-state index contributed by atoms with van der Waals surface area (Å²) in [6, 6.07) is 48.3. The zero-order valence-corrected chi connectivity index (χ0v) is 30.4. The molecule has 53 heavy (non-hydrogen) atoms. The second-order valence-electron chi connectivity index (χ2n) is 12.8. The normalized spacial score (nSPS) is 14.4. The maximum atomic E-state index is 12.1. The van der Waals surface area contributed by atoms with E-state index in [9.17, 15) is 10.3 Å². The highest BCUT2D eigenvalue weighted by atomic mass is 32.1. The minimum absolute atomic E-state index is 0.0280. The molecule has 0 spiro atoms. The molecule has 0 saturated heterocycles. The standard InChI is InChI=1S/C44H46N2O6S/c47-39(33-49-29-35-18-8-2-9-19-35)41(50-30-36-20-10-3-11-21-36)43(52-32-38-24-14-5-15-25-38)42(51-31-37-22-12-4-13-23-37)40(44-45-26-27-53-44)46(48)28-34-16-6-1-7-17-34/h1-27,39-43,47-48H,28-33H2/t39-,40-,41-,42-,43+/m1/s1. The molecule has 5 aromatic carbocycles. The minimum atomic E-state index is -1.13. The van der Waals surface area contributed by atoms with Gasteiger partial charge in [0.25, 0.3) is 0 Å². The van der Waals surface area contributed by atoms with E-state index in [1.165, 1.54) is 16.4 Å². The van der Waals surface area contributed by atoms with Gasteiger partial charge in [-0.1, -0.05) is 152 Å². The second-order valence-corrected chi connectivity index (χ2v) is 13.7. The van der Waals surface area contributed by atoms with E-state index >= 15 is 0 Å². The van der Waals surface area contributed by atoms with Crippen LogP contribution in [0.3, 0.4) is 0 Å². The van der Waals surface area contributed by atoms with Crippen LogP contribution in [0.1, 0.15) is 38.9 Å². The Kier molecular flexibility index (Phi) is 14.9. The van der Waals surface area contributed by atoms with Crippen molar-refractivity contribution in [3.8, 4) is 0 Å². The van der Waals surface area contributed by atoms with E-state index in [0.717, 1.165) is 27.8 Å². The molecule has 274 valence electrons. The van der Waals surface area contributed by atoms with Gasteiger partial charge >= 0.3 is 0 Å². The van der Waals surface area contributed by atoms with Crippen molar-refractivity contribution in [1.82, 2.24) is 10.0 Å². The highest BCUT2D eigenvalue weighted by Gasteiger charge is 2.44. The molecule has 1 aromatic heterocycles. The van der Waals surface area contributed by atoms with Crippen LogP contribution in [-0.4, -0.2) is 51.4 Å². The second kappa shape index (κ2) is 20.6. The van der Waals surface area contributed by atoms with E-state index < -0.39 is 30.5 Å². The van der Waals surface area contributed by atoms with Crippen LogP contribution < -0.4 is 0 Å². The topological polar surface area (TPSA) is 93.5 Å². The Balaban J connectivity index is 1.39. The quantitative estimate of drug-likeness (QED) is 0.0714. The average molecular weight is 731 g/mol. The predicted octanol–water partition coefficient (Wildman–Crippen LogP) is 8.41. The molecule has 0 saturated carbocycles. The molecule has 1 heterocycles. The summed E-state index contributed by atoms with van der Waals surface area (Å²) in [5.41, 5.74) is 4.71. The maximum Gasteiger partial charge on any atom is 0.116 e. The Labute approximate surface area is 315 Å². The van der Waals surface area contributed by atoms with E-state index in [-0.39, 0.29) is 33.0 Å². The molecular weight excluding hydrogens is 685 g/mol. The first kappa shape index (κ1) is 38.2. The average Bonchev–Trinajstić information content (AvgIpc) is 3.74. The Morgan fingerprint density at radius 3 is 1.40 bits per heavy atom. The number of ether oxygens (including phenoxy) is 4. The van der Waals surface area contributed by atoms with Crippen molar-refractivity contribution in [3.05, 3.63) is 196 Å². The monoisotopic (exact) mass is 730 g/mol. The number of nitrogens with zero attached hydrogens (tertiary/aromatic N) is 2. The first-order valence-electron chi connectivity index (χ1n) is 17.8. The molecule has 5 atom stereocenters. The molecule has 0 radical (unpaired) electrons. The highest BCUT2D eigenvalue weighted by Crippen LogP contribution is 2.35. The Hall–Kier alpha value is -4.55. The molecule has 6 rings (SSSR count). The predicted molar refractivity (Wildman–Crippen MR) is 206 cm³/mol. The third-order valence-electron chi connectivity index (χ3n) is 8.81. The van der Waals surface area contributed by atoms with E-state index in [1.807, 2.05) is 157 Å². The molecule has 6 aromatic rings. The number of hydroxylamine groups is 2. The lowest BCUT2D eigenvalue weighted by Crippen LogP contribution is -2.54. The number of rotatable bonds is 21. The molecule has 0 unspecified atom stereocenters. The highest BCUT2D eigenvalue weighted by molar-refractivity contribution is 7.09. The molecule has 0 amide bonds. The van der Waals surface area contributed by atoms with Gasteiger partial charge in [-0.15, -0.1) is 11.3 Å². The van der Waals surface area contributed by atoms with Crippen LogP contribution in [-0.2, 0) is 51.9 Å². The van der Waals surface area contributed by atoms with Crippen LogP contribution in [0.5, 0.6) is 0 Å². The summed E-state index contributed by atoms with van der Waals surface area (Å²) < 4.78 is 26.5. The molecule has 0 aliphatic carbocycles. The van der Waals surface area contributed by atoms with Gasteiger partial charge in [0.05, 0.1) is 33.0 Å². The lowest BCUT2D eigenvalue weighted by Gasteiger charge is -2.40. The van der Waals surface area contributed by atoms with Gasteiger partial charge in [-0.2, -0.15) is 5.06 Å². The van der Waals surface area contributed by atoms with Crippen LogP contribution >= 0.6 is 11.3 Å². The number of aromatic nitrogens is 1. The van der Waals surface area contributed by atoms with E-state index in [0.29, 0.717) is 11.6 Å². The number of hydrogen-bond acceptors (Lipinski definition) is 9. The molecule has 9 heteroatoms. The van der Waals surface area contributed by atoms with Gasteiger partial charge in [-0.25, -0.2) is 4.98 Å². The molecular formula is C44H46N2O6S. The van der Waals surface area contributed by atoms with Crippen molar-refractivity contribution >= 4 is 11.3 Å². The molecule has 0 aliphatic rings. The van der Waals surface area contributed by atoms with Crippen LogP contribution in [0, 0.1) is 0 Å². The first-order chi connectivity index (χ1) is 26.1. The summed E-state index contributed by atoms with van der Waals surface area (Å²) in [6.45, 7) is 1.10. The lowest BCUT2D eigenvalue weighted by atomic mass is 9.96. The summed E-state index contributed by atoms with van der Waals surface area (Å²) in [5.74, 6) is 0. The Morgan fingerprint density at radius 2 is 0.943 bits per heavy atom. The third-order valence-corrected chi connectivity index (χ3v) is 9.65. The largest absolute Gasteiger partial charge is 0.388 e. The molecule has 2 N–H and O–H groups in total. The SMILES string of the molecule is O[C@H](COCc1ccccc1)[C@@H](OCc1ccccc1)[C@H](OCc1ccccc1)[C@H](OCc1ccccc1)[C@H](c1nccs1)N(O)Cc1ccccc1. The zero-order chi connectivity index (χ0) is 36.5. The number of thiazole rings is 1. The Bertz CT molecular complexity index is 1840. The maximum absolute atomic E-state index is 12.1. The van der Waals surface area contributed by atoms with Crippen LogP contribution in [0.15, 0.2) is 163 Å². The van der Waals surface area contributed by atoms with Crippen molar-refractivity contribution in [1.29, 1.82) is 0 Å². The van der Waals surface area contributed by atoms with Gasteiger partial charge in [0, 0.05) is 18.1 Å². The van der Waals surface area contributed by atoms with Crippen LogP contribution in [0.2, 0.25) is 0 Å².